The fourth-order valence-corrected chi connectivity index (χ4v) is 2.66. The van der Waals surface area contributed by atoms with Gasteiger partial charge in [0.1, 0.15) is 5.82 Å². The number of amides is 1. The van der Waals surface area contributed by atoms with Crippen molar-refractivity contribution in [1.29, 1.82) is 0 Å². The molecule has 0 saturated heterocycles. The number of halogens is 1. The molecule has 2 aromatic carbocycles. The average molecular weight is 366 g/mol. The van der Waals surface area contributed by atoms with Crippen molar-refractivity contribution >= 4 is 34.7 Å². The number of rotatable bonds is 5. The predicted octanol–water partition coefficient (Wildman–Crippen LogP) is 5.85. The molecule has 0 fully saturated rings. The number of carbonyl (C=O) groups is 1. The van der Waals surface area contributed by atoms with Gasteiger partial charge in [-0.1, -0.05) is 43.6 Å². The number of anilines is 3. The highest BCUT2D eigenvalue weighted by Gasteiger charge is 2.07. The molecule has 1 aromatic heterocycles. The Morgan fingerprint density at radius 2 is 1.73 bits per heavy atom. The summed E-state index contributed by atoms with van der Waals surface area (Å²) in [7, 11) is 0. The number of benzene rings is 2. The molecule has 1 amide bonds. The predicted molar refractivity (Wildman–Crippen MR) is 107 cm³/mol. The summed E-state index contributed by atoms with van der Waals surface area (Å²) >= 11 is 5.92. The summed E-state index contributed by atoms with van der Waals surface area (Å²) in [5, 5.41) is 6.58. The maximum Gasteiger partial charge on any atom is 0.255 e. The van der Waals surface area contributed by atoms with Gasteiger partial charge in [0.05, 0.1) is 11.9 Å². The van der Waals surface area contributed by atoms with Gasteiger partial charge in [-0.2, -0.15) is 0 Å². The number of hydrogen-bond donors (Lipinski definition) is 2. The molecule has 0 aliphatic carbocycles. The molecule has 0 spiro atoms. The summed E-state index contributed by atoms with van der Waals surface area (Å²) in [6, 6.07) is 18.7. The van der Waals surface area contributed by atoms with Gasteiger partial charge in [-0.05, 0) is 53.9 Å². The largest absolute Gasteiger partial charge is 0.340 e. The van der Waals surface area contributed by atoms with Crippen molar-refractivity contribution in [3.05, 3.63) is 83.0 Å². The summed E-state index contributed by atoms with van der Waals surface area (Å²) in [4.78, 5) is 16.6. The first-order chi connectivity index (χ1) is 12.5. The lowest BCUT2D eigenvalue weighted by atomic mass is 10.0. The molecule has 3 aromatic rings. The normalized spacial score (nSPS) is 10.6. The van der Waals surface area contributed by atoms with E-state index in [2.05, 4.69) is 41.6 Å². The Morgan fingerprint density at radius 3 is 2.35 bits per heavy atom. The van der Waals surface area contributed by atoms with Crippen LogP contribution in [0.4, 0.5) is 17.2 Å². The zero-order valence-corrected chi connectivity index (χ0v) is 15.4. The highest BCUT2D eigenvalue weighted by atomic mass is 35.5. The molecule has 2 N–H and O–H groups in total. The van der Waals surface area contributed by atoms with E-state index in [0.29, 0.717) is 28.0 Å². The third-order valence-corrected chi connectivity index (χ3v) is 4.19. The summed E-state index contributed by atoms with van der Waals surface area (Å²) in [6.07, 6.45) is 1.62. The van der Waals surface area contributed by atoms with Crippen LogP contribution < -0.4 is 10.6 Å². The monoisotopic (exact) mass is 365 g/mol. The standard InChI is InChI=1S/C21H20ClN3O/c1-14(2)15-6-8-18(9-7-15)24-20-11-10-19(13-23-20)25-21(26)16-4-3-5-17(22)12-16/h3-14H,1-2H3,(H,23,24)(H,25,26). The van der Waals surface area contributed by atoms with E-state index in [4.69, 9.17) is 11.6 Å². The second-order valence-electron chi connectivity index (χ2n) is 6.30. The smallest absolute Gasteiger partial charge is 0.255 e. The van der Waals surface area contributed by atoms with Crippen molar-refractivity contribution in [3.8, 4) is 0 Å². The second kappa shape index (κ2) is 8.02. The van der Waals surface area contributed by atoms with Gasteiger partial charge in [0.25, 0.3) is 5.91 Å². The highest BCUT2D eigenvalue weighted by molar-refractivity contribution is 6.31. The number of nitrogens with one attached hydrogen (secondary N) is 2. The molecule has 3 rings (SSSR count). The number of aromatic nitrogens is 1. The molecular formula is C21H20ClN3O. The summed E-state index contributed by atoms with van der Waals surface area (Å²) < 4.78 is 0. The molecule has 1 heterocycles. The third kappa shape index (κ3) is 4.61. The average Bonchev–Trinajstić information content (AvgIpc) is 2.64. The molecule has 0 atom stereocenters. The SMILES string of the molecule is CC(C)c1ccc(Nc2ccc(NC(=O)c3cccc(Cl)c3)cn2)cc1. The van der Waals surface area contributed by atoms with Crippen molar-refractivity contribution in [1.82, 2.24) is 4.98 Å². The first kappa shape index (κ1) is 18.0. The van der Waals surface area contributed by atoms with Crippen LogP contribution in [0, 0.1) is 0 Å². The summed E-state index contributed by atoms with van der Waals surface area (Å²) in [5.74, 6) is 0.993. The van der Waals surface area contributed by atoms with Crippen molar-refractivity contribution in [2.45, 2.75) is 19.8 Å². The van der Waals surface area contributed by atoms with E-state index in [-0.39, 0.29) is 5.91 Å². The minimum Gasteiger partial charge on any atom is -0.340 e. The molecule has 0 unspecified atom stereocenters. The summed E-state index contributed by atoms with van der Waals surface area (Å²) in [6.45, 7) is 4.33. The van der Waals surface area contributed by atoms with Crippen molar-refractivity contribution in [2.75, 3.05) is 10.6 Å². The van der Waals surface area contributed by atoms with Gasteiger partial charge in [0, 0.05) is 16.3 Å². The Hall–Kier alpha value is -2.85. The Morgan fingerprint density at radius 1 is 1.00 bits per heavy atom. The lowest BCUT2D eigenvalue weighted by molar-refractivity contribution is 0.102. The fourth-order valence-electron chi connectivity index (χ4n) is 2.47. The van der Waals surface area contributed by atoms with Crippen LogP contribution in [-0.4, -0.2) is 10.9 Å². The van der Waals surface area contributed by atoms with Crippen molar-refractivity contribution < 1.29 is 4.79 Å². The maximum atomic E-state index is 12.2. The van der Waals surface area contributed by atoms with Gasteiger partial charge in [0.15, 0.2) is 0 Å². The Labute approximate surface area is 158 Å². The van der Waals surface area contributed by atoms with E-state index >= 15 is 0 Å². The van der Waals surface area contributed by atoms with Crippen LogP contribution in [0.15, 0.2) is 66.9 Å². The number of hydrogen-bond acceptors (Lipinski definition) is 3. The van der Waals surface area contributed by atoms with Crippen LogP contribution in [-0.2, 0) is 0 Å². The van der Waals surface area contributed by atoms with E-state index in [1.807, 2.05) is 18.2 Å². The van der Waals surface area contributed by atoms with Crippen molar-refractivity contribution in [2.24, 2.45) is 0 Å². The number of pyridine rings is 1. The maximum absolute atomic E-state index is 12.2. The van der Waals surface area contributed by atoms with Crippen LogP contribution in [0.5, 0.6) is 0 Å². The van der Waals surface area contributed by atoms with E-state index in [1.165, 1.54) is 5.56 Å². The molecule has 132 valence electrons. The van der Waals surface area contributed by atoms with Gasteiger partial charge < -0.3 is 10.6 Å². The molecule has 5 heteroatoms. The molecule has 26 heavy (non-hydrogen) atoms. The quantitative estimate of drug-likeness (QED) is 0.595. The lowest BCUT2D eigenvalue weighted by Crippen LogP contribution is -2.12. The van der Waals surface area contributed by atoms with Gasteiger partial charge in [-0.15, -0.1) is 0 Å². The topological polar surface area (TPSA) is 54.0 Å². The van der Waals surface area contributed by atoms with Gasteiger partial charge in [0.2, 0.25) is 0 Å². The van der Waals surface area contributed by atoms with E-state index in [9.17, 15) is 4.79 Å². The lowest BCUT2D eigenvalue weighted by Gasteiger charge is -2.10. The first-order valence-corrected chi connectivity index (χ1v) is 8.79. The molecule has 0 bridgehead atoms. The second-order valence-corrected chi connectivity index (χ2v) is 6.73. The highest BCUT2D eigenvalue weighted by Crippen LogP contribution is 2.20. The molecular weight excluding hydrogens is 346 g/mol. The molecule has 0 aliphatic rings. The van der Waals surface area contributed by atoms with Gasteiger partial charge in [-0.3, -0.25) is 4.79 Å². The van der Waals surface area contributed by atoms with E-state index in [0.717, 1.165) is 5.69 Å². The molecule has 0 radical (unpaired) electrons. The Bertz CT molecular complexity index is 890. The number of nitrogens with zero attached hydrogens (tertiary/aromatic N) is 1. The minimum atomic E-state index is -0.223. The van der Waals surface area contributed by atoms with Crippen molar-refractivity contribution in [3.63, 3.8) is 0 Å². The van der Waals surface area contributed by atoms with Gasteiger partial charge >= 0.3 is 0 Å². The van der Waals surface area contributed by atoms with E-state index in [1.54, 1.807) is 36.5 Å². The van der Waals surface area contributed by atoms with Gasteiger partial charge in [-0.25, -0.2) is 4.98 Å². The van der Waals surface area contributed by atoms with Crippen LogP contribution >= 0.6 is 11.6 Å². The van der Waals surface area contributed by atoms with Crippen LogP contribution in [0.1, 0.15) is 35.7 Å². The molecule has 0 aliphatic heterocycles. The summed E-state index contributed by atoms with van der Waals surface area (Å²) in [5.41, 5.74) is 3.39. The zero-order valence-electron chi connectivity index (χ0n) is 14.7. The van der Waals surface area contributed by atoms with Crippen LogP contribution in [0.2, 0.25) is 5.02 Å². The van der Waals surface area contributed by atoms with Crippen LogP contribution in [0.3, 0.4) is 0 Å². The zero-order chi connectivity index (χ0) is 18.5. The molecule has 4 nitrogen and oxygen atoms in total. The third-order valence-electron chi connectivity index (χ3n) is 3.96. The molecule has 0 saturated carbocycles. The van der Waals surface area contributed by atoms with E-state index < -0.39 is 0 Å². The minimum absolute atomic E-state index is 0.223. The number of carbonyl (C=O) groups excluding carboxylic acids is 1. The van der Waals surface area contributed by atoms with Crippen LogP contribution in [0.25, 0.3) is 0 Å². The Balaban J connectivity index is 1.64. The fraction of sp³-hybridized carbons (Fsp3) is 0.143. The Kier molecular flexibility index (Phi) is 5.54. The first-order valence-electron chi connectivity index (χ1n) is 8.41.